The second kappa shape index (κ2) is 4.07. The Balaban J connectivity index is 1.76. The third kappa shape index (κ3) is 2.19. The lowest BCUT2D eigenvalue weighted by molar-refractivity contribution is -0.151. The highest BCUT2D eigenvalue weighted by Gasteiger charge is 2.26. The van der Waals surface area contributed by atoms with Crippen LogP contribution in [0.1, 0.15) is 25.7 Å². The van der Waals surface area contributed by atoms with Crippen molar-refractivity contribution in [2.24, 2.45) is 0 Å². The van der Waals surface area contributed by atoms with E-state index in [9.17, 15) is 4.79 Å². The van der Waals surface area contributed by atoms with Gasteiger partial charge in [0.05, 0.1) is 0 Å². The van der Waals surface area contributed by atoms with E-state index in [0.717, 1.165) is 38.8 Å². The molecule has 0 aromatic carbocycles. The summed E-state index contributed by atoms with van der Waals surface area (Å²) in [5.74, 6) is -0.0862. The molecule has 2 fully saturated rings. The number of carbonyl (C=O) groups is 1. The first kappa shape index (κ1) is 8.97. The fourth-order valence-corrected chi connectivity index (χ4v) is 1.86. The Morgan fingerprint density at radius 1 is 1.15 bits per heavy atom. The van der Waals surface area contributed by atoms with E-state index in [4.69, 9.17) is 4.74 Å². The van der Waals surface area contributed by atoms with Crippen molar-refractivity contribution in [2.75, 3.05) is 13.1 Å². The summed E-state index contributed by atoms with van der Waals surface area (Å²) >= 11 is 0. The van der Waals surface area contributed by atoms with Crippen molar-refractivity contribution in [3.63, 3.8) is 0 Å². The minimum atomic E-state index is -0.0862. The molecule has 4 nitrogen and oxygen atoms in total. The van der Waals surface area contributed by atoms with Crippen molar-refractivity contribution in [2.45, 2.75) is 38.0 Å². The molecule has 0 amide bonds. The number of hydrogen-bond acceptors (Lipinski definition) is 4. The maximum atomic E-state index is 11.5. The SMILES string of the molecule is O=C(O[C@@H]1CCCN1)[C@H]1CCCN1. The number of rotatable bonds is 2. The van der Waals surface area contributed by atoms with E-state index in [1.54, 1.807) is 0 Å². The summed E-state index contributed by atoms with van der Waals surface area (Å²) in [7, 11) is 0. The van der Waals surface area contributed by atoms with Gasteiger partial charge in [0.25, 0.3) is 0 Å². The standard InChI is InChI=1S/C9H16N2O2/c12-9(7-3-1-5-10-7)13-8-4-2-6-11-8/h7-8,10-11H,1-6H2/t7-,8-/m1/s1. The van der Waals surface area contributed by atoms with E-state index in [1.165, 1.54) is 0 Å². The van der Waals surface area contributed by atoms with E-state index in [-0.39, 0.29) is 18.2 Å². The van der Waals surface area contributed by atoms with Gasteiger partial charge in [0.1, 0.15) is 6.04 Å². The topological polar surface area (TPSA) is 50.4 Å². The molecule has 0 aliphatic carbocycles. The Bertz CT molecular complexity index is 184. The van der Waals surface area contributed by atoms with Crippen LogP contribution in [0, 0.1) is 0 Å². The van der Waals surface area contributed by atoms with Crippen LogP contribution in [0.15, 0.2) is 0 Å². The molecule has 0 unspecified atom stereocenters. The highest BCUT2D eigenvalue weighted by molar-refractivity contribution is 5.76. The average Bonchev–Trinajstić information content (AvgIpc) is 2.74. The smallest absolute Gasteiger partial charge is 0.324 e. The first-order valence-electron chi connectivity index (χ1n) is 5.03. The Labute approximate surface area is 78.0 Å². The maximum Gasteiger partial charge on any atom is 0.324 e. The van der Waals surface area contributed by atoms with Crippen LogP contribution in [0.25, 0.3) is 0 Å². The van der Waals surface area contributed by atoms with Crippen LogP contribution in [0.5, 0.6) is 0 Å². The number of esters is 1. The lowest BCUT2D eigenvalue weighted by atomic mass is 10.2. The number of nitrogens with one attached hydrogen (secondary N) is 2. The molecule has 2 aliphatic rings. The minimum absolute atomic E-state index is 0.0325. The van der Waals surface area contributed by atoms with Gasteiger partial charge in [-0.1, -0.05) is 0 Å². The fourth-order valence-electron chi connectivity index (χ4n) is 1.86. The molecule has 2 N–H and O–H groups in total. The molecule has 4 heteroatoms. The summed E-state index contributed by atoms with van der Waals surface area (Å²) in [6.07, 6.45) is 4.03. The molecular formula is C9H16N2O2. The quantitative estimate of drug-likeness (QED) is 0.593. The van der Waals surface area contributed by atoms with Gasteiger partial charge in [0, 0.05) is 0 Å². The monoisotopic (exact) mass is 184 g/mol. The molecule has 0 saturated carbocycles. The largest absolute Gasteiger partial charge is 0.445 e. The van der Waals surface area contributed by atoms with Gasteiger partial charge in [-0.05, 0) is 38.8 Å². The predicted molar refractivity (Wildman–Crippen MR) is 48.1 cm³/mol. The highest BCUT2D eigenvalue weighted by atomic mass is 16.6. The molecule has 0 spiro atoms. The number of ether oxygens (including phenoxy) is 1. The average molecular weight is 184 g/mol. The van der Waals surface area contributed by atoms with Crippen molar-refractivity contribution < 1.29 is 9.53 Å². The molecule has 0 bridgehead atoms. The Hall–Kier alpha value is -0.610. The lowest BCUT2D eigenvalue weighted by Gasteiger charge is -2.15. The first-order chi connectivity index (χ1) is 6.36. The van der Waals surface area contributed by atoms with E-state index >= 15 is 0 Å². The summed E-state index contributed by atoms with van der Waals surface area (Å²) in [5, 5.41) is 6.27. The maximum absolute atomic E-state index is 11.5. The summed E-state index contributed by atoms with van der Waals surface area (Å²) < 4.78 is 5.28. The van der Waals surface area contributed by atoms with Crippen molar-refractivity contribution in [3.8, 4) is 0 Å². The second-order valence-corrected chi connectivity index (χ2v) is 3.67. The first-order valence-corrected chi connectivity index (χ1v) is 5.03. The van der Waals surface area contributed by atoms with Crippen molar-refractivity contribution in [1.29, 1.82) is 0 Å². The van der Waals surface area contributed by atoms with Gasteiger partial charge in [-0.2, -0.15) is 0 Å². The van der Waals surface area contributed by atoms with E-state index < -0.39 is 0 Å². The Morgan fingerprint density at radius 2 is 1.92 bits per heavy atom. The molecule has 2 heterocycles. The van der Waals surface area contributed by atoms with Crippen LogP contribution >= 0.6 is 0 Å². The van der Waals surface area contributed by atoms with Crippen molar-refractivity contribution in [1.82, 2.24) is 10.6 Å². The molecule has 74 valence electrons. The van der Waals surface area contributed by atoms with E-state index in [0.29, 0.717) is 0 Å². The molecule has 2 aliphatic heterocycles. The zero-order valence-electron chi connectivity index (χ0n) is 7.71. The van der Waals surface area contributed by atoms with Gasteiger partial charge >= 0.3 is 5.97 Å². The molecule has 2 saturated heterocycles. The molecule has 13 heavy (non-hydrogen) atoms. The van der Waals surface area contributed by atoms with Crippen molar-refractivity contribution >= 4 is 5.97 Å². The van der Waals surface area contributed by atoms with Gasteiger partial charge in [-0.25, -0.2) is 0 Å². The van der Waals surface area contributed by atoms with Crippen LogP contribution in [0.2, 0.25) is 0 Å². The zero-order chi connectivity index (χ0) is 9.10. The van der Waals surface area contributed by atoms with Crippen molar-refractivity contribution in [3.05, 3.63) is 0 Å². The number of carbonyl (C=O) groups excluding carboxylic acids is 1. The molecule has 2 rings (SSSR count). The fraction of sp³-hybridized carbons (Fsp3) is 0.889. The molecular weight excluding hydrogens is 168 g/mol. The van der Waals surface area contributed by atoms with Crippen LogP contribution in [0.4, 0.5) is 0 Å². The summed E-state index contributed by atoms with van der Waals surface area (Å²) in [6.45, 7) is 1.91. The summed E-state index contributed by atoms with van der Waals surface area (Å²) in [5.41, 5.74) is 0. The highest BCUT2D eigenvalue weighted by Crippen LogP contribution is 2.11. The third-order valence-corrected chi connectivity index (χ3v) is 2.62. The molecule has 0 radical (unpaired) electrons. The van der Waals surface area contributed by atoms with Gasteiger partial charge < -0.3 is 10.1 Å². The van der Waals surface area contributed by atoms with Crippen LogP contribution in [-0.2, 0) is 9.53 Å². The van der Waals surface area contributed by atoms with Gasteiger partial charge in [0.15, 0.2) is 6.23 Å². The molecule has 0 aromatic heterocycles. The van der Waals surface area contributed by atoms with Crippen LogP contribution in [0.3, 0.4) is 0 Å². The van der Waals surface area contributed by atoms with Gasteiger partial charge in [0.2, 0.25) is 0 Å². The predicted octanol–water partition coefficient (Wildman–Crippen LogP) is -0.00890. The van der Waals surface area contributed by atoms with Gasteiger partial charge in [-0.15, -0.1) is 0 Å². The van der Waals surface area contributed by atoms with E-state index in [2.05, 4.69) is 10.6 Å². The van der Waals surface area contributed by atoms with Gasteiger partial charge in [-0.3, -0.25) is 10.1 Å². The summed E-state index contributed by atoms with van der Waals surface area (Å²) in [4.78, 5) is 11.5. The van der Waals surface area contributed by atoms with Crippen LogP contribution < -0.4 is 10.6 Å². The van der Waals surface area contributed by atoms with E-state index in [1.807, 2.05) is 0 Å². The molecule has 0 aromatic rings. The molecule has 2 atom stereocenters. The van der Waals surface area contributed by atoms with Crippen LogP contribution in [-0.4, -0.2) is 31.3 Å². The minimum Gasteiger partial charge on any atom is -0.445 e. The lowest BCUT2D eigenvalue weighted by Crippen LogP contribution is -2.37. The Morgan fingerprint density at radius 3 is 2.54 bits per heavy atom. The zero-order valence-corrected chi connectivity index (χ0v) is 7.71. The second-order valence-electron chi connectivity index (χ2n) is 3.67. The number of hydrogen-bond donors (Lipinski definition) is 2. The third-order valence-electron chi connectivity index (χ3n) is 2.62. The Kier molecular flexibility index (Phi) is 2.80. The summed E-state index contributed by atoms with van der Waals surface area (Å²) in [6, 6.07) is -0.0533. The normalized spacial score (nSPS) is 33.5.